The summed E-state index contributed by atoms with van der Waals surface area (Å²) in [5.41, 5.74) is 5.92. The van der Waals surface area contributed by atoms with Crippen LogP contribution < -0.4 is 11.1 Å². The maximum atomic E-state index is 5.92. The third-order valence-corrected chi connectivity index (χ3v) is 4.22. The molecule has 0 spiro atoms. The van der Waals surface area contributed by atoms with Crippen molar-refractivity contribution >= 4 is 27.4 Å². The lowest BCUT2D eigenvalue weighted by molar-refractivity contribution is 0.565. The Labute approximate surface area is 104 Å². The van der Waals surface area contributed by atoms with Crippen molar-refractivity contribution in [3.63, 3.8) is 0 Å². The van der Waals surface area contributed by atoms with Crippen LogP contribution in [0.5, 0.6) is 0 Å². The highest BCUT2D eigenvalue weighted by Gasteiger charge is 2.21. The summed E-state index contributed by atoms with van der Waals surface area (Å²) in [5.74, 6) is 1.64. The third kappa shape index (κ3) is 2.25. The van der Waals surface area contributed by atoms with Crippen molar-refractivity contribution in [3.8, 4) is 0 Å². The van der Waals surface area contributed by atoms with Crippen molar-refractivity contribution < 1.29 is 0 Å². The molecule has 1 saturated carbocycles. The molecule has 1 aliphatic rings. The Morgan fingerprint density at radius 3 is 3.18 bits per heavy atom. The van der Waals surface area contributed by atoms with Crippen molar-refractivity contribution in [1.29, 1.82) is 0 Å². The van der Waals surface area contributed by atoms with Gasteiger partial charge in [-0.05, 0) is 36.6 Å². The standard InChI is InChI=1S/C12H16N4S/c13-9-2-1-8(5-9)6-14-11-10-3-4-17-12(10)16-7-15-11/h3-4,7-9H,1-2,5-6,13H2,(H,14,15,16). The second-order valence-electron chi connectivity index (χ2n) is 4.68. The number of anilines is 1. The molecule has 2 aromatic rings. The molecule has 0 radical (unpaired) electrons. The predicted molar refractivity (Wildman–Crippen MR) is 71.2 cm³/mol. The molecule has 0 amide bonds. The molecule has 3 rings (SSSR count). The van der Waals surface area contributed by atoms with E-state index in [1.165, 1.54) is 6.42 Å². The van der Waals surface area contributed by atoms with Gasteiger partial charge in [0, 0.05) is 12.6 Å². The van der Waals surface area contributed by atoms with Crippen molar-refractivity contribution in [2.24, 2.45) is 11.7 Å². The van der Waals surface area contributed by atoms with Gasteiger partial charge in [0.1, 0.15) is 17.0 Å². The molecular formula is C12H16N4S. The zero-order valence-electron chi connectivity index (χ0n) is 9.60. The summed E-state index contributed by atoms with van der Waals surface area (Å²) >= 11 is 1.65. The molecule has 0 bridgehead atoms. The van der Waals surface area contributed by atoms with Gasteiger partial charge in [0.05, 0.1) is 5.39 Å². The van der Waals surface area contributed by atoms with E-state index in [-0.39, 0.29) is 0 Å². The number of thiophene rings is 1. The monoisotopic (exact) mass is 248 g/mol. The summed E-state index contributed by atoms with van der Waals surface area (Å²) in [5, 5.41) is 6.61. The molecule has 3 N–H and O–H groups in total. The van der Waals surface area contributed by atoms with E-state index in [0.717, 1.165) is 35.4 Å². The minimum atomic E-state index is 0.397. The van der Waals surface area contributed by atoms with Gasteiger partial charge in [0.2, 0.25) is 0 Å². The highest BCUT2D eigenvalue weighted by Crippen LogP contribution is 2.27. The Hall–Kier alpha value is -1.20. The second kappa shape index (κ2) is 4.58. The van der Waals surface area contributed by atoms with Gasteiger partial charge in [0.25, 0.3) is 0 Å². The largest absolute Gasteiger partial charge is 0.369 e. The van der Waals surface area contributed by atoms with E-state index in [1.54, 1.807) is 17.7 Å². The highest BCUT2D eigenvalue weighted by molar-refractivity contribution is 7.16. The normalized spacial score (nSPS) is 24.3. The Morgan fingerprint density at radius 1 is 1.41 bits per heavy atom. The summed E-state index contributed by atoms with van der Waals surface area (Å²) in [6, 6.07) is 2.47. The lowest BCUT2D eigenvalue weighted by atomic mass is 10.1. The van der Waals surface area contributed by atoms with Crippen LogP contribution in [0.1, 0.15) is 19.3 Å². The van der Waals surface area contributed by atoms with Crippen LogP contribution in [0.4, 0.5) is 5.82 Å². The smallest absolute Gasteiger partial charge is 0.138 e. The van der Waals surface area contributed by atoms with Crippen LogP contribution >= 0.6 is 11.3 Å². The van der Waals surface area contributed by atoms with Crippen molar-refractivity contribution in [3.05, 3.63) is 17.8 Å². The lowest BCUT2D eigenvalue weighted by Crippen LogP contribution is -2.18. The number of nitrogens with one attached hydrogen (secondary N) is 1. The summed E-state index contributed by atoms with van der Waals surface area (Å²) in [6.45, 7) is 0.968. The molecule has 2 aromatic heterocycles. The van der Waals surface area contributed by atoms with Gasteiger partial charge >= 0.3 is 0 Å². The molecule has 17 heavy (non-hydrogen) atoms. The average molecular weight is 248 g/mol. The molecule has 2 heterocycles. The summed E-state index contributed by atoms with van der Waals surface area (Å²) in [4.78, 5) is 9.60. The van der Waals surface area contributed by atoms with E-state index in [1.807, 2.05) is 0 Å². The maximum absolute atomic E-state index is 5.92. The van der Waals surface area contributed by atoms with Crippen LogP contribution in [0.25, 0.3) is 10.2 Å². The Kier molecular flexibility index (Phi) is 2.94. The Balaban J connectivity index is 1.70. The summed E-state index contributed by atoms with van der Waals surface area (Å²) in [6.07, 6.45) is 5.14. The van der Waals surface area contributed by atoms with E-state index in [9.17, 15) is 0 Å². The average Bonchev–Trinajstić information content (AvgIpc) is 2.94. The molecule has 0 aliphatic heterocycles. The van der Waals surface area contributed by atoms with E-state index in [2.05, 4.69) is 26.7 Å². The Bertz CT molecular complexity index is 510. The minimum Gasteiger partial charge on any atom is -0.369 e. The van der Waals surface area contributed by atoms with E-state index >= 15 is 0 Å². The first-order chi connectivity index (χ1) is 8.33. The van der Waals surface area contributed by atoms with E-state index in [4.69, 9.17) is 5.73 Å². The number of nitrogens with zero attached hydrogens (tertiary/aromatic N) is 2. The first-order valence-electron chi connectivity index (χ1n) is 6.00. The maximum Gasteiger partial charge on any atom is 0.138 e. The fraction of sp³-hybridized carbons (Fsp3) is 0.500. The molecular weight excluding hydrogens is 232 g/mol. The van der Waals surface area contributed by atoms with Crippen LogP contribution in [-0.2, 0) is 0 Å². The van der Waals surface area contributed by atoms with Crippen LogP contribution in [0.3, 0.4) is 0 Å². The molecule has 1 fully saturated rings. The van der Waals surface area contributed by atoms with Crippen molar-refractivity contribution in [2.75, 3.05) is 11.9 Å². The van der Waals surface area contributed by atoms with Crippen LogP contribution in [0, 0.1) is 5.92 Å². The number of aromatic nitrogens is 2. The van der Waals surface area contributed by atoms with Gasteiger partial charge in [-0.3, -0.25) is 0 Å². The lowest BCUT2D eigenvalue weighted by Gasteiger charge is -2.11. The summed E-state index contributed by atoms with van der Waals surface area (Å²) in [7, 11) is 0. The van der Waals surface area contributed by atoms with Crippen molar-refractivity contribution in [1.82, 2.24) is 9.97 Å². The third-order valence-electron chi connectivity index (χ3n) is 3.40. The van der Waals surface area contributed by atoms with Crippen LogP contribution in [0.2, 0.25) is 0 Å². The van der Waals surface area contributed by atoms with Gasteiger partial charge in [-0.2, -0.15) is 0 Å². The number of nitrogens with two attached hydrogens (primary N) is 1. The van der Waals surface area contributed by atoms with E-state index in [0.29, 0.717) is 12.0 Å². The number of hydrogen-bond acceptors (Lipinski definition) is 5. The summed E-state index contributed by atoms with van der Waals surface area (Å²) < 4.78 is 0. The molecule has 0 aromatic carbocycles. The first kappa shape index (κ1) is 10.9. The molecule has 0 saturated heterocycles. The van der Waals surface area contributed by atoms with Crippen LogP contribution in [-0.4, -0.2) is 22.6 Å². The molecule has 90 valence electrons. The zero-order chi connectivity index (χ0) is 11.7. The Morgan fingerprint density at radius 2 is 2.35 bits per heavy atom. The topological polar surface area (TPSA) is 63.8 Å². The van der Waals surface area contributed by atoms with Gasteiger partial charge in [-0.15, -0.1) is 11.3 Å². The molecule has 5 heteroatoms. The van der Waals surface area contributed by atoms with E-state index < -0.39 is 0 Å². The molecule has 2 atom stereocenters. The van der Waals surface area contributed by atoms with Crippen LogP contribution in [0.15, 0.2) is 17.8 Å². The minimum absolute atomic E-state index is 0.397. The van der Waals surface area contributed by atoms with Gasteiger partial charge in [0.15, 0.2) is 0 Å². The second-order valence-corrected chi connectivity index (χ2v) is 5.58. The number of rotatable bonds is 3. The predicted octanol–water partition coefficient (Wildman–Crippen LogP) is 2.23. The van der Waals surface area contributed by atoms with Gasteiger partial charge in [-0.25, -0.2) is 9.97 Å². The quantitative estimate of drug-likeness (QED) is 0.874. The fourth-order valence-corrected chi connectivity index (χ4v) is 3.20. The van der Waals surface area contributed by atoms with Crippen molar-refractivity contribution in [2.45, 2.75) is 25.3 Å². The highest BCUT2D eigenvalue weighted by atomic mass is 32.1. The SMILES string of the molecule is NC1CCC(CNc2ncnc3sccc23)C1. The molecule has 1 aliphatic carbocycles. The van der Waals surface area contributed by atoms with Gasteiger partial charge in [-0.1, -0.05) is 0 Å². The number of fused-ring (bicyclic) bond motifs is 1. The zero-order valence-corrected chi connectivity index (χ0v) is 10.4. The fourth-order valence-electron chi connectivity index (χ4n) is 2.47. The van der Waals surface area contributed by atoms with Gasteiger partial charge < -0.3 is 11.1 Å². The number of hydrogen-bond donors (Lipinski definition) is 2. The first-order valence-corrected chi connectivity index (χ1v) is 6.88. The molecule has 2 unspecified atom stereocenters. The molecule has 4 nitrogen and oxygen atoms in total.